The Balaban J connectivity index is 0.00000320. The van der Waals surface area contributed by atoms with Gasteiger partial charge in [-0.2, -0.15) is 5.11 Å². The second-order valence-electron chi connectivity index (χ2n) is 6.05. The van der Waals surface area contributed by atoms with Crippen molar-refractivity contribution in [2.75, 3.05) is 0 Å². The number of hydrogen-bond acceptors (Lipinski definition) is 7. The molecule has 0 fully saturated rings. The minimum absolute atomic E-state index is 0. The van der Waals surface area contributed by atoms with Gasteiger partial charge in [-0.15, -0.1) is 5.11 Å². The number of carboxylic acids is 1. The monoisotopic (exact) mass is 522 g/mol. The molecule has 0 spiro atoms. The molecule has 0 heterocycles. The average Bonchev–Trinajstić information content (AvgIpc) is 2.66. The van der Waals surface area contributed by atoms with Crippen LogP contribution in [-0.2, 0) is 16.5 Å². The molecular formula is C19H15ClN2O6SSr-2. The van der Waals surface area contributed by atoms with Crippen molar-refractivity contribution in [3.05, 3.63) is 58.6 Å². The topological polar surface area (TPSA) is 142 Å². The van der Waals surface area contributed by atoms with Crippen molar-refractivity contribution in [3.8, 4) is 5.75 Å². The smallest absolute Gasteiger partial charge is 1.00 e. The SMILES string of the molecule is CCc1cc(N=Nc2c([O-])c(C(=O)O)cc3ccccc23)c(S(=O)(=O)[O-])cc1Cl.[H-].[H-].[Sr+2]. The van der Waals surface area contributed by atoms with Gasteiger partial charge < -0.3 is 17.6 Å². The van der Waals surface area contributed by atoms with Gasteiger partial charge in [-0.25, -0.2) is 13.2 Å². The van der Waals surface area contributed by atoms with E-state index in [2.05, 4.69) is 10.2 Å². The summed E-state index contributed by atoms with van der Waals surface area (Å²) in [7, 11) is -4.92. The van der Waals surface area contributed by atoms with E-state index in [0.717, 1.165) is 6.07 Å². The zero-order valence-electron chi connectivity index (χ0n) is 17.6. The number of fused-ring (bicyclic) bond motifs is 1. The molecule has 0 radical (unpaired) electrons. The van der Waals surface area contributed by atoms with E-state index in [-0.39, 0.29) is 64.7 Å². The predicted octanol–water partition coefficient (Wildman–Crippen LogP) is 3.99. The number of aryl methyl sites for hydroxylation is 1. The number of azo groups is 1. The Morgan fingerprint density at radius 2 is 1.87 bits per heavy atom. The van der Waals surface area contributed by atoms with Gasteiger partial charge in [0.05, 0.1) is 16.1 Å². The van der Waals surface area contributed by atoms with Crippen molar-refractivity contribution in [1.29, 1.82) is 0 Å². The van der Waals surface area contributed by atoms with Gasteiger partial charge in [0, 0.05) is 10.4 Å². The summed E-state index contributed by atoms with van der Waals surface area (Å²) in [5.41, 5.74) is -0.535. The summed E-state index contributed by atoms with van der Waals surface area (Å²) in [6.45, 7) is 1.77. The number of carboxylic acid groups (broad SMARTS) is 1. The molecule has 3 aromatic carbocycles. The summed E-state index contributed by atoms with van der Waals surface area (Å²) in [5.74, 6) is -2.31. The van der Waals surface area contributed by atoms with Crippen LogP contribution in [0, 0.1) is 0 Å². The van der Waals surface area contributed by atoms with Crippen LogP contribution in [0.1, 0.15) is 25.7 Å². The van der Waals surface area contributed by atoms with E-state index in [1.807, 2.05) is 0 Å². The van der Waals surface area contributed by atoms with Gasteiger partial charge in [0.25, 0.3) is 0 Å². The average molecular weight is 522 g/mol. The van der Waals surface area contributed by atoms with Gasteiger partial charge in [0.15, 0.2) is 0 Å². The third-order valence-electron chi connectivity index (χ3n) is 4.24. The van der Waals surface area contributed by atoms with Crippen molar-refractivity contribution in [3.63, 3.8) is 0 Å². The minimum Gasteiger partial charge on any atom is -1.00 e. The molecule has 1 N–H and O–H groups in total. The van der Waals surface area contributed by atoms with Gasteiger partial charge in [-0.05, 0) is 35.6 Å². The predicted molar refractivity (Wildman–Crippen MR) is 111 cm³/mol. The first-order valence-electron chi connectivity index (χ1n) is 8.29. The van der Waals surface area contributed by atoms with E-state index >= 15 is 0 Å². The Morgan fingerprint density at radius 1 is 1.20 bits per heavy atom. The van der Waals surface area contributed by atoms with Gasteiger partial charge in [0.2, 0.25) is 0 Å². The summed E-state index contributed by atoms with van der Waals surface area (Å²) in [6, 6.07) is 9.96. The number of halogens is 1. The number of nitrogens with zero attached hydrogens (tertiary/aromatic N) is 2. The first-order chi connectivity index (χ1) is 13.6. The summed E-state index contributed by atoms with van der Waals surface area (Å²) < 4.78 is 34.8. The molecule has 0 saturated heterocycles. The fraction of sp³-hybridized carbons (Fsp3) is 0.105. The maximum absolute atomic E-state index is 12.6. The fourth-order valence-electron chi connectivity index (χ4n) is 2.81. The molecule has 0 aliphatic heterocycles. The number of rotatable bonds is 5. The van der Waals surface area contributed by atoms with Gasteiger partial charge in [-0.1, -0.05) is 48.5 Å². The summed E-state index contributed by atoms with van der Waals surface area (Å²) in [6.07, 6.45) is 0.435. The molecule has 0 aliphatic rings. The van der Waals surface area contributed by atoms with Crippen LogP contribution in [0.3, 0.4) is 0 Å². The molecule has 8 nitrogen and oxygen atoms in total. The second kappa shape index (κ2) is 9.73. The van der Waals surface area contributed by atoms with Crippen LogP contribution in [0.25, 0.3) is 10.8 Å². The minimum atomic E-state index is -4.92. The number of benzene rings is 3. The van der Waals surface area contributed by atoms with Crippen molar-refractivity contribution in [1.82, 2.24) is 0 Å². The van der Waals surface area contributed by atoms with E-state index in [1.165, 1.54) is 12.1 Å². The van der Waals surface area contributed by atoms with Crippen LogP contribution in [0.2, 0.25) is 5.02 Å². The molecule has 0 bridgehead atoms. The molecule has 0 aliphatic carbocycles. The second-order valence-corrected chi connectivity index (χ2v) is 7.80. The molecule has 154 valence electrons. The Bertz CT molecular complexity index is 1290. The quantitative estimate of drug-likeness (QED) is 0.305. The van der Waals surface area contributed by atoms with Crippen molar-refractivity contribution >= 4 is 95.3 Å². The molecule has 0 unspecified atom stereocenters. The van der Waals surface area contributed by atoms with E-state index in [9.17, 15) is 28.0 Å². The zero-order valence-corrected chi connectivity index (χ0v) is 20.7. The van der Waals surface area contributed by atoms with Crippen LogP contribution < -0.4 is 5.11 Å². The summed E-state index contributed by atoms with van der Waals surface area (Å²) >= 11 is 5.99. The third-order valence-corrected chi connectivity index (χ3v) is 5.46. The van der Waals surface area contributed by atoms with Crippen LogP contribution in [-0.4, -0.2) is 69.5 Å². The van der Waals surface area contributed by atoms with Crippen LogP contribution in [0.4, 0.5) is 11.4 Å². The first kappa shape index (κ1) is 24.7. The van der Waals surface area contributed by atoms with Gasteiger partial charge in [0.1, 0.15) is 15.8 Å². The number of aromatic carboxylic acids is 1. The van der Waals surface area contributed by atoms with E-state index in [4.69, 9.17) is 11.6 Å². The molecular weight excluding hydrogens is 507 g/mol. The van der Waals surface area contributed by atoms with Crippen molar-refractivity contribution in [2.24, 2.45) is 10.2 Å². The van der Waals surface area contributed by atoms with Crippen LogP contribution in [0.5, 0.6) is 5.75 Å². The fourth-order valence-corrected chi connectivity index (χ4v) is 3.79. The largest absolute Gasteiger partial charge is 2.00 e. The normalized spacial score (nSPS) is 11.6. The molecule has 3 aromatic rings. The summed E-state index contributed by atoms with van der Waals surface area (Å²) in [5, 5.41) is 30.3. The molecule has 3 rings (SSSR count). The Labute approximate surface area is 217 Å². The number of hydrogen-bond donors (Lipinski definition) is 1. The van der Waals surface area contributed by atoms with Gasteiger partial charge >= 0.3 is 51.5 Å². The van der Waals surface area contributed by atoms with E-state index < -0.39 is 32.3 Å². The molecule has 0 saturated carbocycles. The molecule has 30 heavy (non-hydrogen) atoms. The standard InChI is InChI=1S/C19H15ClN2O6S.Sr.2H/c1-2-10-8-15(16(9-14(10)20)29(26,27)28)21-22-17-12-6-4-3-5-11(12)7-13(18(17)23)19(24)25;;;/h3-9,23H,2H2,1H3,(H,24,25)(H,26,27,28);;;/q;+2;2*-1/p-2. The maximum atomic E-state index is 12.6. The third kappa shape index (κ3) is 5.02. The Morgan fingerprint density at radius 3 is 2.47 bits per heavy atom. The maximum Gasteiger partial charge on any atom is 2.00 e. The molecule has 0 atom stereocenters. The molecule has 0 amide bonds. The first-order valence-corrected chi connectivity index (χ1v) is 10.1. The summed E-state index contributed by atoms with van der Waals surface area (Å²) in [4.78, 5) is 10.7. The van der Waals surface area contributed by atoms with Crippen molar-refractivity contribution in [2.45, 2.75) is 18.2 Å². The zero-order chi connectivity index (χ0) is 21.3. The number of carbonyl (C=O) groups is 1. The van der Waals surface area contributed by atoms with Crippen LogP contribution >= 0.6 is 11.6 Å². The Kier molecular flexibility index (Phi) is 8.03. The molecule has 11 heteroatoms. The van der Waals surface area contributed by atoms with E-state index in [1.54, 1.807) is 31.2 Å². The molecule has 0 aromatic heterocycles. The Hall–Kier alpha value is -1.53. The van der Waals surface area contributed by atoms with Crippen molar-refractivity contribution < 1.29 is 30.8 Å². The van der Waals surface area contributed by atoms with Gasteiger partial charge in [-0.3, -0.25) is 0 Å². The van der Waals surface area contributed by atoms with Crippen LogP contribution in [0.15, 0.2) is 57.6 Å². The van der Waals surface area contributed by atoms with E-state index in [0.29, 0.717) is 22.8 Å².